The number of amides is 1. The summed E-state index contributed by atoms with van der Waals surface area (Å²) in [5, 5.41) is 10.1. The Labute approximate surface area is 168 Å². The van der Waals surface area contributed by atoms with Crippen molar-refractivity contribution in [2.45, 2.75) is 64.6 Å². The summed E-state index contributed by atoms with van der Waals surface area (Å²) in [5.74, 6) is 0.689. The van der Waals surface area contributed by atoms with Gasteiger partial charge in [0.05, 0.1) is 6.07 Å². The molecule has 0 spiro atoms. The van der Waals surface area contributed by atoms with Crippen LogP contribution in [-0.4, -0.2) is 33.3 Å². The van der Waals surface area contributed by atoms with Crippen molar-refractivity contribution in [1.82, 2.24) is 15.4 Å². The Morgan fingerprint density at radius 2 is 2.07 bits per heavy atom. The van der Waals surface area contributed by atoms with Gasteiger partial charge < -0.3 is 15.5 Å². The van der Waals surface area contributed by atoms with Crippen LogP contribution in [0.5, 0.6) is 0 Å². The molecule has 0 bridgehead atoms. The number of aromatic nitrogens is 3. The first kappa shape index (κ1) is 22.0. The van der Waals surface area contributed by atoms with Gasteiger partial charge in [-0.05, 0) is 51.6 Å². The minimum Gasteiger partial charge on any atom is -0.870 e. The first-order valence-electron chi connectivity index (χ1n) is 9.15. The summed E-state index contributed by atoms with van der Waals surface area (Å²) in [4.78, 5) is 27.0. The molecule has 3 rings (SSSR count). The van der Waals surface area contributed by atoms with E-state index in [2.05, 4.69) is 20.6 Å². The number of carbonyl (C=O) groups is 1. The van der Waals surface area contributed by atoms with Gasteiger partial charge in [0, 0.05) is 18.2 Å². The van der Waals surface area contributed by atoms with E-state index in [1.54, 1.807) is 12.3 Å². The molecule has 0 aromatic carbocycles. The number of nitrogens with one attached hydrogen (secondary N) is 2. The van der Waals surface area contributed by atoms with Crippen LogP contribution in [0.25, 0.3) is 10.9 Å². The van der Waals surface area contributed by atoms with Gasteiger partial charge in [0.1, 0.15) is 16.1 Å². The summed E-state index contributed by atoms with van der Waals surface area (Å²) in [5.41, 5.74) is 0.325. The van der Waals surface area contributed by atoms with E-state index in [4.69, 9.17) is 16.3 Å². The molecule has 1 amide bonds. The van der Waals surface area contributed by atoms with Crippen molar-refractivity contribution in [1.29, 1.82) is 0 Å². The molecular weight excluding hydrogens is 386 g/mol. The van der Waals surface area contributed by atoms with Gasteiger partial charge in [-0.25, -0.2) is 9.78 Å². The van der Waals surface area contributed by atoms with Gasteiger partial charge in [0.15, 0.2) is 6.54 Å². The Kier molecular flexibility index (Phi) is 6.95. The minimum absolute atomic E-state index is 0. The topological polar surface area (TPSA) is 130 Å². The fraction of sp³-hybridized carbons (Fsp3) is 0.611. The normalized spacial score (nSPS) is 19.7. The number of aromatic amines is 1. The molecule has 1 fully saturated rings. The summed E-state index contributed by atoms with van der Waals surface area (Å²) < 4.78 is 7.23. The molecule has 154 valence electrons. The number of rotatable bonds is 4. The van der Waals surface area contributed by atoms with Crippen LogP contribution in [0.15, 0.2) is 17.4 Å². The van der Waals surface area contributed by atoms with Crippen molar-refractivity contribution in [2.24, 2.45) is 11.1 Å². The first-order valence-corrected chi connectivity index (χ1v) is 9.53. The van der Waals surface area contributed by atoms with Crippen molar-refractivity contribution in [3.8, 4) is 0 Å². The van der Waals surface area contributed by atoms with E-state index in [0.717, 1.165) is 37.7 Å². The molecule has 0 aliphatic heterocycles. The third kappa shape index (κ3) is 5.39. The maximum Gasteiger partial charge on any atom is 0.407 e. The van der Waals surface area contributed by atoms with Gasteiger partial charge in [-0.2, -0.15) is 0 Å². The lowest BCUT2D eigenvalue weighted by molar-refractivity contribution is -0.732. The van der Waals surface area contributed by atoms with E-state index in [-0.39, 0.29) is 23.4 Å². The number of hydrogen-bond acceptors (Lipinski definition) is 6. The largest absolute Gasteiger partial charge is 0.870 e. The lowest BCUT2D eigenvalue weighted by Gasteiger charge is -2.28. The molecule has 0 unspecified atom stereocenters. The highest BCUT2D eigenvalue weighted by Crippen LogP contribution is 2.27. The van der Waals surface area contributed by atoms with Crippen molar-refractivity contribution >= 4 is 34.4 Å². The second kappa shape index (κ2) is 8.83. The zero-order chi connectivity index (χ0) is 19.6. The van der Waals surface area contributed by atoms with E-state index in [9.17, 15) is 9.70 Å². The molecule has 1 aliphatic rings. The average molecular weight is 412 g/mol. The molecular formula is C18H26ClN5O4. The van der Waals surface area contributed by atoms with Crippen LogP contribution >= 0.6 is 11.6 Å². The summed E-state index contributed by atoms with van der Waals surface area (Å²) in [6, 6.07) is 1.87. The predicted octanol–water partition coefficient (Wildman–Crippen LogP) is 3.81. The minimum atomic E-state index is -0.493. The molecule has 1 aliphatic carbocycles. The van der Waals surface area contributed by atoms with Crippen molar-refractivity contribution in [3.63, 3.8) is 0 Å². The summed E-state index contributed by atoms with van der Waals surface area (Å²) in [7, 11) is 0. The SMILES string of the molecule is CC(C)(C)OC(=O)NC1CCC(C[n+]2[nH]c(N=O)c3cnc(Cl)cc32)CC1.[OH-]. The Morgan fingerprint density at radius 3 is 2.68 bits per heavy atom. The summed E-state index contributed by atoms with van der Waals surface area (Å²) in [6.07, 6.45) is 4.92. The number of nitroso groups, excluding NO2 is 1. The highest BCUT2D eigenvalue weighted by molar-refractivity contribution is 6.30. The number of alkyl carbamates (subject to hydrolysis) is 1. The second-order valence-electron chi connectivity index (χ2n) is 8.05. The van der Waals surface area contributed by atoms with E-state index >= 15 is 0 Å². The molecule has 2 aromatic heterocycles. The smallest absolute Gasteiger partial charge is 0.407 e. The molecule has 28 heavy (non-hydrogen) atoms. The number of halogens is 1. The molecule has 9 nitrogen and oxygen atoms in total. The predicted molar refractivity (Wildman–Crippen MR) is 104 cm³/mol. The van der Waals surface area contributed by atoms with Crippen LogP contribution in [0.1, 0.15) is 46.5 Å². The fourth-order valence-corrected chi connectivity index (χ4v) is 3.66. The van der Waals surface area contributed by atoms with Crippen molar-refractivity contribution in [3.05, 3.63) is 22.3 Å². The van der Waals surface area contributed by atoms with Crippen LogP contribution < -0.4 is 10.00 Å². The van der Waals surface area contributed by atoms with Crippen LogP contribution in [-0.2, 0) is 11.3 Å². The van der Waals surface area contributed by atoms with Crippen LogP contribution in [0.3, 0.4) is 0 Å². The Bertz CT molecular complexity index is 840. The molecule has 0 radical (unpaired) electrons. The molecule has 2 heterocycles. The van der Waals surface area contributed by atoms with E-state index in [0.29, 0.717) is 16.5 Å². The van der Waals surface area contributed by atoms with Gasteiger partial charge >= 0.3 is 6.09 Å². The van der Waals surface area contributed by atoms with E-state index in [1.165, 1.54) is 0 Å². The molecule has 1 saturated carbocycles. The Morgan fingerprint density at radius 1 is 1.39 bits per heavy atom. The quantitative estimate of drug-likeness (QED) is 0.448. The maximum atomic E-state index is 11.9. The third-order valence-corrected chi connectivity index (χ3v) is 4.94. The van der Waals surface area contributed by atoms with Gasteiger partial charge in [0.2, 0.25) is 11.3 Å². The summed E-state index contributed by atoms with van der Waals surface area (Å²) >= 11 is 6.00. The molecule has 0 saturated heterocycles. The van der Waals surface area contributed by atoms with E-state index < -0.39 is 5.60 Å². The van der Waals surface area contributed by atoms with Gasteiger partial charge in [0.25, 0.3) is 0 Å². The van der Waals surface area contributed by atoms with Gasteiger partial charge in [-0.15, -0.1) is 14.7 Å². The zero-order valence-corrected chi connectivity index (χ0v) is 17.0. The van der Waals surface area contributed by atoms with Crippen LogP contribution in [0.4, 0.5) is 10.6 Å². The number of hydrogen-bond donors (Lipinski definition) is 2. The van der Waals surface area contributed by atoms with E-state index in [1.807, 2.05) is 25.5 Å². The van der Waals surface area contributed by atoms with Crippen molar-refractivity contribution in [2.75, 3.05) is 0 Å². The van der Waals surface area contributed by atoms with Gasteiger partial charge in [-0.3, -0.25) is 0 Å². The number of carbonyl (C=O) groups excluding carboxylic acids is 1. The molecule has 3 N–H and O–H groups in total. The van der Waals surface area contributed by atoms with Gasteiger partial charge in [-0.1, -0.05) is 11.6 Å². The first-order chi connectivity index (χ1) is 12.7. The highest BCUT2D eigenvalue weighted by atomic mass is 35.5. The Balaban J connectivity index is 0.00000280. The number of pyridine rings is 1. The zero-order valence-electron chi connectivity index (χ0n) is 16.2. The number of ether oxygens (including phenoxy) is 1. The van der Waals surface area contributed by atoms with Crippen molar-refractivity contribution < 1.29 is 19.7 Å². The maximum absolute atomic E-state index is 11.9. The Hall–Kier alpha value is -2.26. The molecule has 10 heteroatoms. The third-order valence-electron chi connectivity index (χ3n) is 4.74. The van der Waals surface area contributed by atoms with Crippen LogP contribution in [0, 0.1) is 10.8 Å². The lowest BCUT2D eigenvalue weighted by Crippen LogP contribution is -2.44. The summed E-state index contributed by atoms with van der Waals surface area (Å²) in [6.45, 7) is 6.29. The number of fused-ring (bicyclic) bond motifs is 1. The number of nitrogens with zero attached hydrogens (tertiary/aromatic N) is 3. The standard InChI is InChI=1S/C18H24ClN5O3.H2O/c1-18(2,3)27-17(25)21-12-6-4-11(5-7-12)10-24-14-8-15(19)20-9-13(14)16(22-24)23-26;/h8-9,11-12H,4-7,10H2,1-3H3,(H,21,25);1H2. The highest BCUT2D eigenvalue weighted by Gasteiger charge is 2.29. The fourth-order valence-electron chi connectivity index (χ4n) is 3.51. The van der Waals surface area contributed by atoms with Crippen LogP contribution in [0.2, 0.25) is 5.15 Å². The molecule has 0 atom stereocenters. The lowest BCUT2D eigenvalue weighted by atomic mass is 9.86. The number of H-pyrrole nitrogens is 1. The second-order valence-corrected chi connectivity index (χ2v) is 8.44. The molecule has 2 aromatic rings. The average Bonchev–Trinajstić information content (AvgIpc) is 2.92. The monoisotopic (exact) mass is 411 g/mol.